The van der Waals surface area contributed by atoms with Crippen LogP contribution in [0.15, 0.2) is 35.4 Å². The molecule has 0 radical (unpaired) electrons. The minimum absolute atomic E-state index is 0.00493. The molecule has 1 fully saturated rings. The van der Waals surface area contributed by atoms with E-state index in [0.717, 1.165) is 61.7 Å². The second-order valence-corrected chi connectivity index (χ2v) is 7.75. The SMILES string of the molecule is CCc1cn2cc(CN3CCN(c4ccc(C(=O)NC)nc4C)CC3)cc2[nH]c1=O. The highest BCUT2D eigenvalue weighted by molar-refractivity contribution is 5.92. The second-order valence-electron chi connectivity index (χ2n) is 7.75. The summed E-state index contributed by atoms with van der Waals surface area (Å²) < 4.78 is 2.01. The molecule has 1 aliphatic heterocycles. The molecule has 4 rings (SSSR count). The Balaban J connectivity index is 1.41. The molecule has 0 bridgehead atoms. The molecule has 8 heteroatoms. The van der Waals surface area contributed by atoms with E-state index in [2.05, 4.69) is 37.3 Å². The van der Waals surface area contributed by atoms with Crippen molar-refractivity contribution in [2.45, 2.75) is 26.8 Å². The van der Waals surface area contributed by atoms with Crippen molar-refractivity contribution in [2.75, 3.05) is 38.1 Å². The number of rotatable bonds is 5. The molecular weight excluding hydrogens is 380 g/mol. The zero-order chi connectivity index (χ0) is 21.3. The van der Waals surface area contributed by atoms with Gasteiger partial charge < -0.3 is 19.6 Å². The molecule has 30 heavy (non-hydrogen) atoms. The lowest BCUT2D eigenvalue weighted by Crippen LogP contribution is -2.46. The van der Waals surface area contributed by atoms with Gasteiger partial charge in [0.2, 0.25) is 0 Å². The van der Waals surface area contributed by atoms with E-state index in [1.807, 2.05) is 30.5 Å². The molecule has 0 saturated carbocycles. The third kappa shape index (κ3) is 3.95. The number of H-pyrrole nitrogens is 1. The van der Waals surface area contributed by atoms with Gasteiger partial charge in [-0.2, -0.15) is 0 Å². The lowest BCUT2D eigenvalue weighted by Gasteiger charge is -2.36. The Labute approximate surface area is 175 Å². The maximum Gasteiger partial charge on any atom is 0.269 e. The van der Waals surface area contributed by atoms with Gasteiger partial charge in [0, 0.05) is 57.7 Å². The van der Waals surface area contributed by atoms with Gasteiger partial charge in [0.1, 0.15) is 11.3 Å². The first-order valence-corrected chi connectivity index (χ1v) is 10.4. The number of amides is 1. The molecule has 1 aliphatic rings. The predicted octanol–water partition coefficient (Wildman–Crippen LogP) is 1.58. The fraction of sp³-hybridized carbons (Fsp3) is 0.409. The summed E-state index contributed by atoms with van der Waals surface area (Å²) in [4.78, 5) is 36.0. The molecule has 0 aliphatic carbocycles. The lowest BCUT2D eigenvalue weighted by molar-refractivity contribution is 0.0958. The highest BCUT2D eigenvalue weighted by atomic mass is 16.1. The Bertz CT molecular complexity index is 1120. The van der Waals surface area contributed by atoms with Gasteiger partial charge in [-0.05, 0) is 37.1 Å². The summed E-state index contributed by atoms with van der Waals surface area (Å²) in [5.74, 6) is -0.165. The molecule has 0 atom stereocenters. The highest BCUT2D eigenvalue weighted by Crippen LogP contribution is 2.21. The number of nitrogens with one attached hydrogen (secondary N) is 2. The van der Waals surface area contributed by atoms with Gasteiger partial charge >= 0.3 is 0 Å². The number of nitrogens with zero attached hydrogens (tertiary/aromatic N) is 4. The Hall–Kier alpha value is -3.13. The summed E-state index contributed by atoms with van der Waals surface area (Å²) in [5, 5.41) is 2.61. The van der Waals surface area contributed by atoms with Gasteiger partial charge in [-0.25, -0.2) is 4.98 Å². The summed E-state index contributed by atoms with van der Waals surface area (Å²) in [5.41, 5.74) is 5.23. The molecule has 4 heterocycles. The molecule has 8 nitrogen and oxygen atoms in total. The minimum atomic E-state index is -0.165. The maximum absolute atomic E-state index is 12.0. The minimum Gasteiger partial charge on any atom is -0.368 e. The number of hydrogen-bond acceptors (Lipinski definition) is 5. The van der Waals surface area contributed by atoms with E-state index >= 15 is 0 Å². The lowest BCUT2D eigenvalue weighted by atomic mass is 10.2. The van der Waals surface area contributed by atoms with E-state index in [1.165, 1.54) is 5.56 Å². The van der Waals surface area contributed by atoms with Crippen molar-refractivity contribution in [3.05, 3.63) is 63.5 Å². The van der Waals surface area contributed by atoms with E-state index in [0.29, 0.717) is 5.69 Å². The van der Waals surface area contributed by atoms with Crippen molar-refractivity contribution < 1.29 is 4.79 Å². The second kappa shape index (κ2) is 8.31. The predicted molar refractivity (Wildman–Crippen MR) is 117 cm³/mol. The van der Waals surface area contributed by atoms with Gasteiger partial charge in [0.05, 0.1) is 11.4 Å². The van der Waals surface area contributed by atoms with Crippen molar-refractivity contribution in [3.8, 4) is 0 Å². The van der Waals surface area contributed by atoms with Crippen LogP contribution in [0.1, 0.15) is 34.2 Å². The first kappa shape index (κ1) is 20.2. The van der Waals surface area contributed by atoms with Crippen LogP contribution in [0.3, 0.4) is 0 Å². The van der Waals surface area contributed by atoms with E-state index < -0.39 is 0 Å². The third-order valence-electron chi connectivity index (χ3n) is 5.75. The van der Waals surface area contributed by atoms with Crippen LogP contribution in [0.4, 0.5) is 5.69 Å². The van der Waals surface area contributed by atoms with Crippen LogP contribution >= 0.6 is 0 Å². The Morgan fingerprint density at radius 2 is 1.97 bits per heavy atom. The normalized spacial score (nSPS) is 15.0. The summed E-state index contributed by atoms with van der Waals surface area (Å²) in [6.07, 6.45) is 4.75. The first-order chi connectivity index (χ1) is 14.5. The topological polar surface area (TPSA) is 85.7 Å². The molecule has 1 amide bonds. The molecule has 0 unspecified atom stereocenters. The summed E-state index contributed by atoms with van der Waals surface area (Å²) in [6, 6.07) is 5.83. The summed E-state index contributed by atoms with van der Waals surface area (Å²) in [7, 11) is 1.61. The van der Waals surface area contributed by atoms with Crippen molar-refractivity contribution in [3.63, 3.8) is 0 Å². The molecule has 158 valence electrons. The molecular formula is C22H28N6O2. The molecule has 2 N–H and O–H groups in total. The quantitative estimate of drug-likeness (QED) is 0.669. The number of carbonyl (C=O) groups is 1. The highest BCUT2D eigenvalue weighted by Gasteiger charge is 2.20. The standard InChI is InChI=1S/C22H28N6O2/c1-4-17-14-28-13-16(11-20(28)25-21(17)29)12-26-7-9-27(10-8-26)19-6-5-18(22(30)23-3)24-15(19)2/h5-6,11,13-14H,4,7-10,12H2,1-3H3,(H,23,30)(H,25,29). The molecule has 0 spiro atoms. The van der Waals surface area contributed by atoms with Crippen LogP contribution in [-0.2, 0) is 13.0 Å². The van der Waals surface area contributed by atoms with Crippen LogP contribution in [0.2, 0.25) is 0 Å². The van der Waals surface area contributed by atoms with Gasteiger partial charge in [0.25, 0.3) is 11.5 Å². The molecule has 3 aromatic heterocycles. The number of aromatic nitrogens is 3. The smallest absolute Gasteiger partial charge is 0.269 e. The number of hydrogen-bond donors (Lipinski definition) is 2. The number of aromatic amines is 1. The monoisotopic (exact) mass is 408 g/mol. The van der Waals surface area contributed by atoms with Gasteiger partial charge in [0.15, 0.2) is 0 Å². The average molecular weight is 409 g/mol. The number of anilines is 1. The van der Waals surface area contributed by atoms with Crippen molar-refractivity contribution in [2.24, 2.45) is 0 Å². The number of pyridine rings is 1. The van der Waals surface area contributed by atoms with Gasteiger partial charge in [-0.3, -0.25) is 14.5 Å². The van der Waals surface area contributed by atoms with Gasteiger partial charge in [-0.15, -0.1) is 0 Å². The van der Waals surface area contributed by atoms with Crippen molar-refractivity contribution in [1.29, 1.82) is 0 Å². The van der Waals surface area contributed by atoms with E-state index in [4.69, 9.17) is 0 Å². The van der Waals surface area contributed by atoms with Crippen molar-refractivity contribution in [1.82, 2.24) is 24.6 Å². The summed E-state index contributed by atoms with van der Waals surface area (Å²) >= 11 is 0. The number of aryl methyl sites for hydroxylation is 2. The fourth-order valence-electron chi connectivity index (χ4n) is 4.05. The van der Waals surface area contributed by atoms with Crippen LogP contribution in [0, 0.1) is 6.92 Å². The third-order valence-corrected chi connectivity index (χ3v) is 5.75. The summed E-state index contributed by atoms with van der Waals surface area (Å²) in [6.45, 7) is 8.50. The van der Waals surface area contributed by atoms with Crippen LogP contribution in [0.5, 0.6) is 0 Å². The van der Waals surface area contributed by atoms with E-state index in [1.54, 1.807) is 13.1 Å². The number of piperazine rings is 1. The maximum atomic E-state index is 12.0. The fourth-order valence-corrected chi connectivity index (χ4v) is 4.05. The average Bonchev–Trinajstić information content (AvgIpc) is 3.14. The van der Waals surface area contributed by atoms with E-state index in [-0.39, 0.29) is 11.5 Å². The van der Waals surface area contributed by atoms with Crippen LogP contribution in [0.25, 0.3) is 5.65 Å². The first-order valence-electron chi connectivity index (χ1n) is 10.4. The Kier molecular flexibility index (Phi) is 5.59. The largest absolute Gasteiger partial charge is 0.368 e. The zero-order valence-corrected chi connectivity index (χ0v) is 17.7. The van der Waals surface area contributed by atoms with E-state index in [9.17, 15) is 9.59 Å². The Morgan fingerprint density at radius 3 is 2.63 bits per heavy atom. The van der Waals surface area contributed by atoms with Crippen molar-refractivity contribution >= 4 is 17.2 Å². The zero-order valence-electron chi connectivity index (χ0n) is 17.7. The van der Waals surface area contributed by atoms with Crippen LogP contribution in [-0.4, -0.2) is 58.4 Å². The molecule has 3 aromatic rings. The number of carbonyl (C=O) groups excluding carboxylic acids is 1. The molecule has 1 saturated heterocycles. The Morgan fingerprint density at radius 1 is 1.20 bits per heavy atom. The van der Waals surface area contributed by atoms with Gasteiger partial charge in [-0.1, -0.05) is 6.92 Å². The molecule has 0 aromatic carbocycles. The number of fused-ring (bicyclic) bond motifs is 1. The van der Waals surface area contributed by atoms with Crippen LogP contribution < -0.4 is 15.8 Å².